The van der Waals surface area contributed by atoms with E-state index in [-0.39, 0.29) is 23.9 Å². The SMILES string of the molecule is Cc1nc(C)c(C(OC(C)(C)C)C(=O)O)c(N2CCC(C)(C)CC2)c1-c1ccc2c(c1)CCC(COc1cccc(F)c1F)O2. The number of fused-ring (bicyclic) bond motifs is 1. The topological polar surface area (TPSA) is 81.1 Å². The van der Waals surface area contributed by atoms with Gasteiger partial charge in [0.1, 0.15) is 18.5 Å². The molecule has 0 spiro atoms. The number of hydrogen-bond donors (Lipinski definition) is 1. The van der Waals surface area contributed by atoms with E-state index in [1.807, 2.05) is 46.8 Å². The molecular weight excluding hydrogens is 578 g/mol. The molecule has 2 atom stereocenters. The Morgan fingerprint density at radius 2 is 1.84 bits per heavy atom. The molecule has 0 amide bonds. The summed E-state index contributed by atoms with van der Waals surface area (Å²) in [4.78, 5) is 20.0. The summed E-state index contributed by atoms with van der Waals surface area (Å²) < 4.78 is 45.7. The van der Waals surface area contributed by atoms with Crippen LogP contribution in [-0.2, 0) is 16.0 Å². The normalized spacial score (nSPS) is 18.6. The van der Waals surface area contributed by atoms with Crippen molar-refractivity contribution in [3.8, 4) is 22.6 Å². The van der Waals surface area contributed by atoms with Crippen LogP contribution in [0, 0.1) is 30.9 Å². The zero-order valence-electron chi connectivity index (χ0n) is 27.3. The van der Waals surface area contributed by atoms with E-state index in [1.165, 1.54) is 12.1 Å². The molecule has 0 bridgehead atoms. The average molecular weight is 623 g/mol. The lowest BCUT2D eigenvalue weighted by atomic mass is 9.81. The number of carboxylic acids is 1. The lowest BCUT2D eigenvalue weighted by Crippen LogP contribution is -2.39. The van der Waals surface area contributed by atoms with Crippen LogP contribution in [0.1, 0.15) is 82.5 Å². The Hall–Kier alpha value is -3.72. The van der Waals surface area contributed by atoms with Gasteiger partial charge in [0, 0.05) is 35.6 Å². The molecule has 3 heterocycles. The van der Waals surface area contributed by atoms with Gasteiger partial charge in [-0.2, -0.15) is 4.39 Å². The number of aryl methyl sites for hydroxylation is 3. The number of aliphatic carboxylic acids is 1. The number of aromatic nitrogens is 1. The summed E-state index contributed by atoms with van der Waals surface area (Å²) in [7, 11) is 0. The minimum atomic E-state index is -1.19. The summed E-state index contributed by atoms with van der Waals surface area (Å²) in [6.07, 6.45) is 1.78. The first-order chi connectivity index (χ1) is 21.1. The van der Waals surface area contributed by atoms with Crippen molar-refractivity contribution in [1.82, 2.24) is 4.98 Å². The lowest BCUT2D eigenvalue weighted by Gasteiger charge is -2.41. The number of halogens is 2. The van der Waals surface area contributed by atoms with Crippen LogP contribution in [-0.4, -0.2) is 47.5 Å². The number of ether oxygens (including phenoxy) is 3. The van der Waals surface area contributed by atoms with Gasteiger partial charge in [-0.3, -0.25) is 4.98 Å². The Bertz CT molecular complexity index is 1570. The smallest absolute Gasteiger partial charge is 0.337 e. The molecular formula is C36H44F2N2O5. The molecule has 3 aromatic rings. The van der Waals surface area contributed by atoms with Crippen LogP contribution in [0.5, 0.6) is 11.5 Å². The molecule has 1 aromatic heterocycles. The Morgan fingerprint density at radius 1 is 1.13 bits per heavy atom. The molecule has 1 saturated heterocycles. The number of anilines is 1. The fraction of sp³-hybridized carbons (Fsp3) is 0.500. The second kappa shape index (κ2) is 12.6. The van der Waals surface area contributed by atoms with E-state index in [2.05, 4.69) is 24.8 Å². The Labute approximate surface area is 264 Å². The lowest BCUT2D eigenvalue weighted by molar-refractivity contribution is -0.160. The molecule has 242 valence electrons. The highest BCUT2D eigenvalue weighted by atomic mass is 19.2. The van der Waals surface area contributed by atoms with Crippen molar-refractivity contribution in [3.63, 3.8) is 0 Å². The molecule has 9 heteroatoms. The molecule has 45 heavy (non-hydrogen) atoms. The van der Waals surface area contributed by atoms with Crippen LogP contribution in [0.15, 0.2) is 36.4 Å². The van der Waals surface area contributed by atoms with Gasteiger partial charge in [0.25, 0.3) is 0 Å². The zero-order valence-corrected chi connectivity index (χ0v) is 27.3. The quantitative estimate of drug-likeness (QED) is 0.273. The highest BCUT2D eigenvalue weighted by Crippen LogP contribution is 2.46. The predicted octanol–water partition coefficient (Wildman–Crippen LogP) is 7.98. The summed E-state index contributed by atoms with van der Waals surface area (Å²) in [6, 6.07) is 9.86. The highest BCUT2D eigenvalue weighted by Gasteiger charge is 2.37. The minimum Gasteiger partial charge on any atom is -0.487 e. The first-order valence-corrected chi connectivity index (χ1v) is 15.7. The molecule has 7 nitrogen and oxygen atoms in total. The molecule has 1 fully saturated rings. The van der Waals surface area contributed by atoms with Crippen molar-refractivity contribution in [2.75, 3.05) is 24.6 Å². The van der Waals surface area contributed by atoms with E-state index in [0.717, 1.165) is 60.1 Å². The maximum Gasteiger partial charge on any atom is 0.337 e. The van der Waals surface area contributed by atoms with Gasteiger partial charge in [-0.1, -0.05) is 26.0 Å². The van der Waals surface area contributed by atoms with Crippen molar-refractivity contribution in [3.05, 3.63) is 70.5 Å². The van der Waals surface area contributed by atoms with Gasteiger partial charge in [0.05, 0.1) is 11.3 Å². The first-order valence-electron chi connectivity index (χ1n) is 15.7. The molecule has 1 N–H and O–H groups in total. The molecule has 2 aromatic carbocycles. The van der Waals surface area contributed by atoms with E-state index in [9.17, 15) is 18.7 Å². The number of hydrogen-bond acceptors (Lipinski definition) is 6. The molecule has 5 rings (SSSR count). The zero-order chi connectivity index (χ0) is 32.7. The maximum atomic E-state index is 14.1. The maximum absolute atomic E-state index is 14.1. The highest BCUT2D eigenvalue weighted by molar-refractivity contribution is 5.88. The largest absolute Gasteiger partial charge is 0.487 e. The third kappa shape index (κ3) is 7.24. The van der Waals surface area contributed by atoms with E-state index >= 15 is 0 Å². The summed E-state index contributed by atoms with van der Waals surface area (Å²) in [5.74, 6) is -2.44. The Kier molecular flexibility index (Phi) is 9.13. The first kappa shape index (κ1) is 32.7. The van der Waals surface area contributed by atoms with Crippen LogP contribution in [0.4, 0.5) is 14.5 Å². The summed E-state index contributed by atoms with van der Waals surface area (Å²) >= 11 is 0. The van der Waals surface area contributed by atoms with Crippen LogP contribution in [0.25, 0.3) is 11.1 Å². The third-order valence-electron chi connectivity index (χ3n) is 8.69. The van der Waals surface area contributed by atoms with Gasteiger partial charge in [-0.15, -0.1) is 0 Å². The van der Waals surface area contributed by atoms with E-state index < -0.39 is 29.3 Å². The van der Waals surface area contributed by atoms with Crippen molar-refractivity contribution in [1.29, 1.82) is 0 Å². The van der Waals surface area contributed by atoms with E-state index in [1.54, 1.807) is 0 Å². The molecule has 2 aliphatic heterocycles. The van der Waals surface area contributed by atoms with Crippen LogP contribution >= 0.6 is 0 Å². The monoisotopic (exact) mass is 622 g/mol. The van der Waals surface area contributed by atoms with Crippen molar-refractivity contribution < 1.29 is 32.9 Å². The van der Waals surface area contributed by atoms with Gasteiger partial charge >= 0.3 is 5.97 Å². The number of pyridine rings is 1. The molecule has 0 radical (unpaired) electrons. The van der Waals surface area contributed by atoms with Crippen molar-refractivity contribution in [2.45, 2.75) is 92.0 Å². The summed E-state index contributed by atoms with van der Waals surface area (Å²) in [5.41, 5.74) is 5.27. The number of carboxylic acid groups (broad SMARTS) is 1. The average Bonchev–Trinajstić information content (AvgIpc) is 2.96. The second-order valence-corrected chi connectivity index (χ2v) is 14.0. The van der Waals surface area contributed by atoms with Crippen LogP contribution in [0.3, 0.4) is 0 Å². The number of piperidine rings is 1. The number of rotatable bonds is 8. The Morgan fingerprint density at radius 3 is 2.51 bits per heavy atom. The predicted molar refractivity (Wildman–Crippen MR) is 170 cm³/mol. The summed E-state index contributed by atoms with van der Waals surface area (Å²) in [5, 5.41) is 10.4. The molecule has 0 aliphatic carbocycles. The standard InChI is InChI=1S/C36H44F2N2O5/c1-21-29(24-12-14-27-23(19-24)11-13-25(44-27)20-43-28-10-8-9-26(37)31(28)38)32(40-17-15-36(6,7)16-18-40)30(22(2)39-21)33(34(41)42)45-35(3,4)5/h8-10,12,14,19,25,33H,11,13,15-18,20H2,1-7H3,(H,41,42). The van der Waals surface area contributed by atoms with Gasteiger partial charge in [0.2, 0.25) is 5.82 Å². The minimum absolute atomic E-state index is 0.0890. The number of benzene rings is 2. The van der Waals surface area contributed by atoms with Gasteiger partial charge in [0.15, 0.2) is 17.7 Å². The van der Waals surface area contributed by atoms with Crippen LogP contribution < -0.4 is 14.4 Å². The number of carbonyl (C=O) groups is 1. The number of nitrogens with zero attached hydrogens (tertiary/aromatic N) is 2. The van der Waals surface area contributed by atoms with Crippen molar-refractivity contribution in [2.24, 2.45) is 5.41 Å². The van der Waals surface area contributed by atoms with Gasteiger partial charge in [-0.05, 0) is 101 Å². The fourth-order valence-electron chi connectivity index (χ4n) is 6.25. The van der Waals surface area contributed by atoms with E-state index in [4.69, 9.17) is 19.2 Å². The summed E-state index contributed by atoms with van der Waals surface area (Å²) in [6.45, 7) is 15.6. The van der Waals surface area contributed by atoms with Gasteiger partial charge in [-0.25, -0.2) is 9.18 Å². The third-order valence-corrected chi connectivity index (χ3v) is 8.69. The second-order valence-electron chi connectivity index (χ2n) is 14.0. The van der Waals surface area contributed by atoms with Crippen molar-refractivity contribution >= 4 is 11.7 Å². The van der Waals surface area contributed by atoms with Gasteiger partial charge < -0.3 is 24.2 Å². The fourth-order valence-corrected chi connectivity index (χ4v) is 6.25. The Balaban J connectivity index is 1.52. The molecule has 2 unspecified atom stereocenters. The molecule has 2 aliphatic rings. The molecule has 0 saturated carbocycles. The van der Waals surface area contributed by atoms with E-state index in [0.29, 0.717) is 29.8 Å². The van der Waals surface area contributed by atoms with Crippen LogP contribution in [0.2, 0.25) is 0 Å².